The highest BCUT2D eigenvalue weighted by Crippen LogP contribution is 2.36. The fourth-order valence-electron chi connectivity index (χ4n) is 2.46. The van der Waals surface area contributed by atoms with Gasteiger partial charge in [-0.3, -0.25) is 4.99 Å². The van der Waals surface area contributed by atoms with Crippen LogP contribution in [0.15, 0.2) is 52.8 Å². The predicted octanol–water partition coefficient (Wildman–Crippen LogP) is 4.88. The minimum atomic E-state index is 0.353. The Hall–Kier alpha value is -1.26. The molecule has 2 aromatic rings. The highest BCUT2D eigenvalue weighted by molar-refractivity contribution is 8.14. The average molecular weight is 316 g/mol. The first-order valence-corrected chi connectivity index (χ1v) is 9.06. The molecule has 0 amide bonds. The number of benzene rings is 1. The lowest BCUT2D eigenvalue weighted by atomic mass is 10.0. The summed E-state index contributed by atoms with van der Waals surface area (Å²) in [6.45, 7) is 5.38. The summed E-state index contributed by atoms with van der Waals surface area (Å²) < 4.78 is 0. The Morgan fingerprint density at radius 1 is 1.14 bits per heavy atom. The largest absolute Gasteiger partial charge is 0.357 e. The first kappa shape index (κ1) is 14.7. The van der Waals surface area contributed by atoms with E-state index in [1.807, 2.05) is 23.1 Å². The van der Waals surface area contributed by atoms with E-state index >= 15 is 0 Å². The number of nitrogens with one attached hydrogen (secondary N) is 1. The Labute approximate surface area is 134 Å². The molecule has 0 radical (unpaired) electrons. The Balaban J connectivity index is 1.66. The second-order valence-electron chi connectivity index (χ2n) is 5.54. The van der Waals surface area contributed by atoms with Crippen LogP contribution in [0.2, 0.25) is 0 Å². The summed E-state index contributed by atoms with van der Waals surface area (Å²) in [5.41, 5.74) is 1.36. The van der Waals surface area contributed by atoms with Gasteiger partial charge in [0.05, 0.1) is 17.8 Å². The van der Waals surface area contributed by atoms with Crippen LogP contribution in [0.25, 0.3) is 0 Å². The van der Waals surface area contributed by atoms with Crippen molar-refractivity contribution in [3.05, 3.63) is 58.3 Å². The SMILES string of the molecule is CC(C)C(NC1=NCC(c2ccccc2)S1)c1cccs1. The Morgan fingerprint density at radius 3 is 2.62 bits per heavy atom. The van der Waals surface area contributed by atoms with Gasteiger partial charge in [0.25, 0.3) is 0 Å². The molecular formula is C17H20N2S2. The van der Waals surface area contributed by atoms with Crippen molar-refractivity contribution in [2.45, 2.75) is 25.1 Å². The highest BCUT2D eigenvalue weighted by Gasteiger charge is 2.25. The fraction of sp³-hybridized carbons (Fsp3) is 0.353. The second-order valence-corrected chi connectivity index (χ2v) is 7.72. The van der Waals surface area contributed by atoms with E-state index < -0.39 is 0 Å². The van der Waals surface area contributed by atoms with Crippen molar-refractivity contribution < 1.29 is 0 Å². The molecule has 0 saturated carbocycles. The molecule has 0 spiro atoms. The topological polar surface area (TPSA) is 24.4 Å². The smallest absolute Gasteiger partial charge is 0.157 e. The van der Waals surface area contributed by atoms with Gasteiger partial charge in [0.1, 0.15) is 0 Å². The molecule has 1 aromatic heterocycles. The monoisotopic (exact) mass is 316 g/mol. The molecular weight excluding hydrogens is 296 g/mol. The minimum absolute atomic E-state index is 0.353. The summed E-state index contributed by atoms with van der Waals surface area (Å²) in [5.74, 6) is 0.544. The molecule has 21 heavy (non-hydrogen) atoms. The third-order valence-corrected chi connectivity index (χ3v) is 5.75. The maximum atomic E-state index is 4.70. The van der Waals surface area contributed by atoms with E-state index in [0.29, 0.717) is 17.2 Å². The lowest BCUT2D eigenvalue weighted by Gasteiger charge is -2.22. The van der Waals surface area contributed by atoms with E-state index in [4.69, 9.17) is 4.99 Å². The highest BCUT2D eigenvalue weighted by atomic mass is 32.2. The van der Waals surface area contributed by atoms with Crippen molar-refractivity contribution in [2.75, 3.05) is 6.54 Å². The van der Waals surface area contributed by atoms with Gasteiger partial charge in [0.2, 0.25) is 0 Å². The molecule has 1 aliphatic rings. The van der Waals surface area contributed by atoms with Crippen LogP contribution in [0, 0.1) is 5.92 Å². The lowest BCUT2D eigenvalue weighted by molar-refractivity contribution is 0.481. The van der Waals surface area contributed by atoms with Gasteiger partial charge in [0, 0.05) is 4.88 Å². The van der Waals surface area contributed by atoms with Gasteiger partial charge < -0.3 is 5.32 Å². The summed E-state index contributed by atoms with van der Waals surface area (Å²) in [4.78, 5) is 6.08. The Morgan fingerprint density at radius 2 is 1.95 bits per heavy atom. The van der Waals surface area contributed by atoms with Crippen molar-refractivity contribution in [3.8, 4) is 0 Å². The lowest BCUT2D eigenvalue weighted by Crippen LogP contribution is -2.28. The third kappa shape index (κ3) is 3.50. The molecule has 1 aliphatic heterocycles. The van der Waals surface area contributed by atoms with Crippen LogP contribution in [0.1, 0.15) is 35.6 Å². The van der Waals surface area contributed by atoms with Gasteiger partial charge in [-0.25, -0.2) is 0 Å². The predicted molar refractivity (Wildman–Crippen MR) is 94.1 cm³/mol. The van der Waals surface area contributed by atoms with Crippen LogP contribution in [0.5, 0.6) is 0 Å². The molecule has 2 atom stereocenters. The van der Waals surface area contributed by atoms with Gasteiger partial charge >= 0.3 is 0 Å². The van der Waals surface area contributed by atoms with Crippen LogP contribution < -0.4 is 5.32 Å². The molecule has 0 saturated heterocycles. The summed E-state index contributed by atoms with van der Waals surface area (Å²) in [6, 6.07) is 15.3. The van der Waals surface area contributed by atoms with Crippen LogP contribution in [-0.4, -0.2) is 11.7 Å². The Kier molecular flexibility index (Phi) is 4.66. The number of nitrogens with zero attached hydrogens (tertiary/aromatic N) is 1. The number of aliphatic imine (C=N–C) groups is 1. The zero-order valence-electron chi connectivity index (χ0n) is 12.3. The molecule has 0 fully saturated rings. The molecule has 0 bridgehead atoms. The number of thiophene rings is 1. The minimum Gasteiger partial charge on any atom is -0.357 e. The van der Waals surface area contributed by atoms with E-state index in [2.05, 4.69) is 67.0 Å². The van der Waals surface area contributed by atoms with Crippen molar-refractivity contribution in [3.63, 3.8) is 0 Å². The molecule has 1 N–H and O–H groups in total. The van der Waals surface area contributed by atoms with Crippen molar-refractivity contribution in [1.29, 1.82) is 0 Å². The van der Waals surface area contributed by atoms with Crippen LogP contribution in [0.4, 0.5) is 0 Å². The van der Waals surface area contributed by atoms with E-state index in [9.17, 15) is 0 Å². The Bertz CT molecular complexity index is 591. The van der Waals surface area contributed by atoms with E-state index in [-0.39, 0.29) is 0 Å². The average Bonchev–Trinajstić information content (AvgIpc) is 3.17. The van der Waals surface area contributed by atoms with Gasteiger partial charge in [-0.2, -0.15) is 0 Å². The summed E-state index contributed by atoms with van der Waals surface area (Å²) >= 11 is 3.66. The number of hydrogen-bond donors (Lipinski definition) is 1. The van der Waals surface area contributed by atoms with Gasteiger partial charge in [-0.05, 0) is 22.9 Å². The number of rotatable bonds is 4. The van der Waals surface area contributed by atoms with E-state index in [0.717, 1.165) is 11.7 Å². The van der Waals surface area contributed by atoms with Crippen molar-refractivity contribution in [1.82, 2.24) is 5.32 Å². The second kappa shape index (κ2) is 6.67. The third-order valence-electron chi connectivity index (χ3n) is 3.62. The molecule has 2 unspecified atom stereocenters. The maximum absolute atomic E-state index is 4.70. The summed E-state index contributed by atoms with van der Waals surface area (Å²) in [5, 5.41) is 7.31. The first-order valence-electron chi connectivity index (χ1n) is 7.30. The van der Waals surface area contributed by atoms with Gasteiger partial charge in [-0.1, -0.05) is 62.0 Å². The van der Waals surface area contributed by atoms with Crippen LogP contribution in [0.3, 0.4) is 0 Å². The van der Waals surface area contributed by atoms with Crippen molar-refractivity contribution >= 4 is 28.3 Å². The summed E-state index contributed by atoms with van der Waals surface area (Å²) in [7, 11) is 0. The molecule has 4 heteroatoms. The van der Waals surface area contributed by atoms with Crippen LogP contribution in [-0.2, 0) is 0 Å². The maximum Gasteiger partial charge on any atom is 0.157 e. The normalized spacial score (nSPS) is 19.6. The zero-order valence-corrected chi connectivity index (χ0v) is 14.0. The zero-order chi connectivity index (χ0) is 14.7. The van der Waals surface area contributed by atoms with Crippen LogP contribution >= 0.6 is 23.1 Å². The number of hydrogen-bond acceptors (Lipinski definition) is 4. The molecule has 2 nitrogen and oxygen atoms in total. The molecule has 110 valence electrons. The summed E-state index contributed by atoms with van der Waals surface area (Å²) in [6.07, 6.45) is 0. The van der Waals surface area contributed by atoms with E-state index in [1.54, 1.807) is 0 Å². The fourth-order valence-corrected chi connectivity index (χ4v) is 4.47. The quantitative estimate of drug-likeness (QED) is 0.869. The first-order chi connectivity index (χ1) is 10.2. The molecule has 0 aliphatic carbocycles. The number of amidine groups is 1. The molecule has 2 heterocycles. The molecule has 1 aromatic carbocycles. The number of thioether (sulfide) groups is 1. The van der Waals surface area contributed by atoms with Crippen molar-refractivity contribution in [2.24, 2.45) is 10.9 Å². The standard InChI is InChI=1S/C17H20N2S2/c1-12(2)16(14-9-6-10-20-14)19-17-18-11-15(21-17)13-7-4-3-5-8-13/h3-10,12,15-16H,11H2,1-2H3,(H,18,19). The van der Waals surface area contributed by atoms with Gasteiger partial charge in [0.15, 0.2) is 5.17 Å². The van der Waals surface area contributed by atoms with Gasteiger partial charge in [-0.15, -0.1) is 11.3 Å². The van der Waals surface area contributed by atoms with E-state index in [1.165, 1.54) is 10.4 Å². The molecule has 3 rings (SSSR count).